The number of likely N-dealkylation sites (tertiary alicyclic amines) is 1. The van der Waals surface area contributed by atoms with Crippen molar-refractivity contribution in [3.8, 4) is 5.69 Å². The van der Waals surface area contributed by atoms with Crippen molar-refractivity contribution < 1.29 is 9.18 Å². The van der Waals surface area contributed by atoms with Gasteiger partial charge in [-0.2, -0.15) is 0 Å². The zero-order valence-electron chi connectivity index (χ0n) is 19.5. The summed E-state index contributed by atoms with van der Waals surface area (Å²) >= 11 is 1.35. The topological polar surface area (TPSA) is 63.1 Å². The molecule has 0 saturated carbocycles. The van der Waals surface area contributed by atoms with Gasteiger partial charge >= 0.3 is 0 Å². The van der Waals surface area contributed by atoms with Crippen molar-refractivity contribution in [2.24, 2.45) is 0 Å². The standard InChI is InChI=1S/C26H30FN5OS/c1-18(31-14-3-2-4-15-31)25-29-30-26(32(25)23-12-9-21(27)10-13-23)34-17-24(33)28-22-11-8-19-6-5-7-20(19)16-22/h8-13,16,18H,2-7,14-15,17H2,1H3,(H,28,33)/t18-/m0/s1. The normalized spacial score (nSPS) is 16.9. The van der Waals surface area contributed by atoms with Crippen LogP contribution in [0.1, 0.15) is 55.6 Å². The van der Waals surface area contributed by atoms with Crippen molar-refractivity contribution in [2.75, 3.05) is 24.2 Å². The summed E-state index contributed by atoms with van der Waals surface area (Å²) in [6, 6.07) is 12.6. The van der Waals surface area contributed by atoms with E-state index >= 15 is 0 Å². The van der Waals surface area contributed by atoms with Gasteiger partial charge in [0.2, 0.25) is 5.91 Å². The molecule has 178 valence electrons. The molecule has 2 heterocycles. The van der Waals surface area contributed by atoms with Gasteiger partial charge in [0.15, 0.2) is 11.0 Å². The number of hydrogen-bond acceptors (Lipinski definition) is 5. The van der Waals surface area contributed by atoms with Crippen molar-refractivity contribution in [1.82, 2.24) is 19.7 Å². The molecule has 2 aliphatic rings. The Morgan fingerprint density at radius 3 is 2.59 bits per heavy atom. The smallest absolute Gasteiger partial charge is 0.234 e. The van der Waals surface area contributed by atoms with E-state index < -0.39 is 0 Å². The fourth-order valence-electron chi connectivity index (χ4n) is 4.92. The molecule has 0 spiro atoms. The molecule has 1 aromatic heterocycles. The van der Waals surface area contributed by atoms with Crippen molar-refractivity contribution >= 4 is 23.4 Å². The molecule has 0 bridgehead atoms. The predicted molar refractivity (Wildman–Crippen MR) is 133 cm³/mol. The van der Waals surface area contributed by atoms with Gasteiger partial charge in [0.25, 0.3) is 0 Å². The molecule has 34 heavy (non-hydrogen) atoms. The molecular weight excluding hydrogens is 449 g/mol. The number of aromatic nitrogens is 3. The lowest BCUT2D eigenvalue weighted by Crippen LogP contribution is -2.33. The van der Waals surface area contributed by atoms with E-state index in [0.717, 1.165) is 43.1 Å². The first-order chi connectivity index (χ1) is 16.6. The Labute approximate surface area is 203 Å². The fourth-order valence-corrected chi connectivity index (χ4v) is 5.68. The molecule has 1 amide bonds. The maximum atomic E-state index is 13.6. The molecule has 0 unspecified atom stereocenters. The summed E-state index contributed by atoms with van der Waals surface area (Å²) in [5, 5.41) is 12.6. The van der Waals surface area contributed by atoms with Crippen LogP contribution in [0.5, 0.6) is 0 Å². The Balaban J connectivity index is 1.33. The van der Waals surface area contributed by atoms with Crippen LogP contribution in [-0.2, 0) is 17.6 Å². The number of amides is 1. The van der Waals surface area contributed by atoms with Crippen LogP contribution in [0.15, 0.2) is 47.6 Å². The van der Waals surface area contributed by atoms with Gasteiger partial charge in [-0.3, -0.25) is 14.3 Å². The van der Waals surface area contributed by atoms with Gasteiger partial charge in [0, 0.05) is 11.4 Å². The van der Waals surface area contributed by atoms with E-state index in [4.69, 9.17) is 0 Å². The Morgan fingerprint density at radius 2 is 1.79 bits per heavy atom. The number of nitrogens with one attached hydrogen (secondary N) is 1. The van der Waals surface area contributed by atoms with Gasteiger partial charge in [0.1, 0.15) is 5.82 Å². The zero-order valence-corrected chi connectivity index (χ0v) is 20.3. The highest BCUT2D eigenvalue weighted by atomic mass is 32.2. The van der Waals surface area contributed by atoms with Gasteiger partial charge in [-0.1, -0.05) is 24.2 Å². The van der Waals surface area contributed by atoms with Gasteiger partial charge in [0.05, 0.1) is 11.8 Å². The second-order valence-electron chi connectivity index (χ2n) is 9.10. The third-order valence-corrected chi connectivity index (χ3v) is 7.70. The van der Waals surface area contributed by atoms with E-state index in [9.17, 15) is 9.18 Å². The number of hydrogen-bond donors (Lipinski definition) is 1. The molecule has 0 radical (unpaired) electrons. The average molecular weight is 480 g/mol. The van der Waals surface area contributed by atoms with Crippen molar-refractivity contribution in [3.63, 3.8) is 0 Å². The molecule has 2 aromatic carbocycles. The van der Waals surface area contributed by atoms with E-state index in [1.165, 1.54) is 60.7 Å². The number of fused-ring (bicyclic) bond motifs is 1. The van der Waals surface area contributed by atoms with Gasteiger partial charge < -0.3 is 5.32 Å². The third kappa shape index (κ3) is 5.03. The fraction of sp³-hybridized carbons (Fsp3) is 0.423. The minimum atomic E-state index is -0.287. The molecule has 1 aliphatic carbocycles. The SMILES string of the molecule is C[C@@H](c1nnc(SCC(=O)Nc2ccc3c(c2)CCC3)n1-c1ccc(F)cc1)N1CCCCC1. The van der Waals surface area contributed by atoms with Crippen LogP contribution in [0.3, 0.4) is 0 Å². The van der Waals surface area contributed by atoms with Crippen molar-refractivity contribution in [3.05, 3.63) is 65.2 Å². The molecule has 1 saturated heterocycles. The summed E-state index contributed by atoms with van der Waals surface area (Å²) in [4.78, 5) is 15.1. The highest BCUT2D eigenvalue weighted by Crippen LogP contribution is 2.30. The Bertz CT molecular complexity index is 1160. The lowest BCUT2D eigenvalue weighted by molar-refractivity contribution is -0.113. The molecule has 1 fully saturated rings. The highest BCUT2D eigenvalue weighted by Gasteiger charge is 2.26. The van der Waals surface area contributed by atoms with Gasteiger partial charge in [-0.25, -0.2) is 4.39 Å². The number of nitrogens with zero attached hydrogens (tertiary/aromatic N) is 4. The van der Waals surface area contributed by atoms with E-state index in [1.54, 1.807) is 12.1 Å². The third-order valence-electron chi connectivity index (χ3n) is 6.77. The predicted octanol–water partition coefficient (Wildman–Crippen LogP) is 5.17. The number of carbonyl (C=O) groups excluding carboxylic acids is 1. The number of carbonyl (C=O) groups is 1. The summed E-state index contributed by atoms with van der Waals surface area (Å²) in [5.74, 6) is 0.664. The maximum absolute atomic E-state index is 13.6. The zero-order chi connectivity index (χ0) is 23.5. The summed E-state index contributed by atoms with van der Waals surface area (Å²) in [5.41, 5.74) is 4.35. The first-order valence-corrected chi connectivity index (χ1v) is 13.1. The number of aryl methyl sites for hydroxylation is 2. The molecule has 3 aromatic rings. The van der Waals surface area contributed by atoms with Crippen LogP contribution in [0, 0.1) is 5.82 Å². The van der Waals surface area contributed by atoms with E-state index in [-0.39, 0.29) is 23.5 Å². The number of benzene rings is 2. The second-order valence-corrected chi connectivity index (χ2v) is 10.0. The van der Waals surface area contributed by atoms with Crippen LogP contribution in [0.25, 0.3) is 5.69 Å². The van der Waals surface area contributed by atoms with E-state index in [2.05, 4.69) is 39.5 Å². The molecular formula is C26H30FN5OS. The lowest BCUT2D eigenvalue weighted by Gasteiger charge is -2.31. The van der Waals surface area contributed by atoms with Gasteiger partial charge in [-0.15, -0.1) is 10.2 Å². The van der Waals surface area contributed by atoms with Crippen molar-refractivity contribution in [2.45, 2.75) is 56.6 Å². The highest BCUT2D eigenvalue weighted by molar-refractivity contribution is 7.99. The number of anilines is 1. The molecule has 1 atom stereocenters. The molecule has 5 rings (SSSR count). The summed E-state index contributed by atoms with van der Waals surface area (Å²) < 4.78 is 15.6. The van der Waals surface area contributed by atoms with Crippen LogP contribution >= 0.6 is 11.8 Å². The molecule has 1 N–H and O–H groups in total. The van der Waals surface area contributed by atoms with Crippen LogP contribution in [-0.4, -0.2) is 44.4 Å². The van der Waals surface area contributed by atoms with E-state index in [0.29, 0.717) is 5.16 Å². The number of rotatable bonds is 7. The Hall–Kier alpha value is -2.71. The Morgan fingerprint density at radius 1 is 1.03 bits per heavy atom. The quantitative estimate of drug-likeness (QED) is 0.474. The maximum Gasteiger partial charge on any atom is 0.234 e. The van der Waals surface area contributed by atoms with Gasteiger partial charge in [-0.05, 0) is 99.6 Å². The van der Waals surface area contributed by atoms with Crippen LogP contribution in [0.2, 0.25) is 0 Å². The Kier molecular flexibility index (Phi) is 6.97. The number of thioether (sulfide) groups is 1. The largest absolute Gasteiger partial charge is 0.325 e. The first kappa shape index (κ1) is 23.1. The second kappa shape index (κ2) is 10.3. The molecule has 1 aliphatic heterocycles. The number of halogens is 1. The monoisotopic (exact) mass is 479 g/mol. The molecule has 6 nitrogen and oxygen atoms in total. The summed E-state index contributed by atoms with van der Waals surface area (Å²) in [6.45, 7) is 4.20. The minimum absolute atomic E-state index is 0.0763. The first-order valence-electron chi connectivity index (χ1n) is 12.1. The summed E-state index contributed by atoms with van der Waals surface area (Å²) in [7, 11) is 0. The van der Waals surface area contributed by atoms with Crippen LogP contribution in [0.4, 0.5) is 10.1 Å². The number of piperidine rings is 1. The minimum Gasteiger partial charge on any atom is -0.325 e. The van der Waals surface area contributed by atoms with E-state index in [1.807, 2.05) is 10.6 Å². The summed E-state index contributed by atoms with van der Waals surface area (Å²) in [6.07, 6.45) is 7.00. The average Bonchev–Trinajstić information content (AvgIpc) is 3.50. The van der Waals surface area contributed by atoms with Crippen LogP contribution < -0.4 is 5.32 Å². The lowest BCUT2D eigenvalue weighted by atomic mass is 10.1. The molecule has 8 heteroatoms. The van der Waals surface area contributed by atoms with Crippen molar-refractivity contribution in [1.29, 1.82) is 0 Å².